The molecule has 0 atom stereocenters. The molecule has 1 amide bonds. The molecule has 94 valence electrons. The lowest BCUT2D eigenvalue weighted by Crippen LogP contribution is -2.22. The average Bonchev–Trinajstić information content (AvgIpc) is 2.75. The number of aromatic nitrogens is 2. The molecular weight excluding hydrogens is 345 g/mol. The minimum absolute atomic E-state index is 0.114. The zero-order chi connectivity index (χ0) is 13.1. The number of phenols is 1. The number of carbonyl (C=O) groups excluding carboxylic acids is 1. The van der Waals surface area contributed by atoms with Crippen LogP contribution in [0, 0.1) is 10.5 Å². The van der Waals surface area contributed by atoms with Crippen molar-refractivity contribution in [3.63, 3.8) is 0 Å². The van der Waals surface area contributed by atoms with Crippen LogP contribution in [0.25, 0.3) is 0 Å². The molecule has 0 spiro atoms. The maximum atomic E-state index is 11.9. The van der Waals surface area contributed by atoms with E-state index in [1.54, 1.807) is 18.3 Å². The van der Waals surface area contributed by atoms with Crippen LogP contribution in [0.3, 0.4) is 0 Å². The van der Waals surface area contributed by atoms with E-state index in [1.165, 1.54) is 6.07 Å². The fraction of sp³-hybridized carbons (Fsp3) is 0.167. The largest absolute Gasteiger partial charge is 0.507 e. The summed E-state index contributed by atoms with van der Waals surface area (Å²) >= 11 is 2.00. The summed E-state index contributed by atoms with van der Waals surface area (Å²) in [5.74, 6) is -0.106. The van der Waals surface area contributed by atoms with Gasteiger partial charge in [0, 0.05) is 23.4 Å². The molecule has 0 fully saturated rings. The average molecular weight is 357 g/mol. The fourth-order valence-electron chi connectivity index (χ4n) is 1.49. The van der Waals surface area contributed by atoms with E-state index in [-0.39, 0.29) is 11.7 Å². The molecule has 6 heteroatoms. The lowest BCUT2D eigenvalue weighted by molar-refractivity contribution is 0.0950. The van der Waals surface area contributed by atoms with Gasteiger partial charge in [-0.05, 0) is 47.7 Å². The summed E-state index contributed by atoms with van der Waals surface area (Å²) in [7, 11) is 0. The number of amides is 1. The second-order valence-electron chi connectivity index (χ2n) is 3.87. The highest BCUT2D eigenvalue weighted by molar-refractivity contribution is 14.1. The van der Waals surface area contributed by atoms with Gasteiger partial charge in [-0.25, -0.2) is 0 Å². The molecule has 1 aromatic heterocycles. The Hall–Kier alpha value is -1.57. The van der Waals surface area contributed by atoms with Gasteiger partial charge in [-0.3, -0.25) is 9.89 Å². The van der Waals surface area contributed by atoms with Crippen LogP contribution in [0.1, 0.15) is 21.6 Å². The van der Waals surface area contributed by atoms with Crippen molar-refractivity contribution in [2.24, 2.45) is 0 Å². The molecule has 0 unspecified atom stereocenters. The molecule has 18 heavy (non-hydrogen) atoms. The molecular formula is C12H12IN3O2. The molecule has 0 radical (unpaired) electrons. The van der Waals surface area contributed by atoms with Crippen molar-refractivity contribution in [2.45, 2.75) is 13.5 Å². The minimum atomic E-state index is -0.220. The normalized spacial score (nSPS) is 10.3. The molecule has 2 aromatic rings. The molecule has 0 saturated carbocycles. The summed E-state index contributed by atoms with van der Waals surface area (Å²) in [6, 6.07) is 4.84. The van der Waals surface area contributed by atoms with E-state index in [9.17, 15) is 9.90 Å². The lowest BCUT2D eigenvalue weighted by atomic mass is 10.2. The van der Waals surface area contributed by atoms with Crippen molar-refractivity contribution in [2.75, 3.05) is 0 Å². The Morgan fingerprint density at radius 2 is 2.33 bits per heavy atom. The topological polar surface area (TPSA) is 78.0 Å². The summed E-state index contributed by atoms with van der Waals surface area (Å²) in [4.78, 5) is 11.9. The highest BCUT2D eigenvalue weighted by Gasteiger charge is 2.09. The van der Waals surface area contributed by atoms with Gasteiger partial charge in [0.1, 0.15) is 5.75 Å². The summed E-state index contributed by atoms with van der Waals surface area (Å²) in [6.45, 7) is 2.30. The third-order valence-corrected chi connectivity index (χ3v) is 3.49. The van der Waals surface area contributed by atoms with E-state index in [2.05, 4.69) is 15.5 Å². The number of nitrogens with zero attached hydrogens (tertiary/aromatic N) is 1. The molecule has 3 N–H and O–H groups in total. The molecule has 0 aliphatic heterocycles. The van der Waals surface area contributed by atoms with E-state index in [0.29, 0.717) is 12.1 Å². The number of aryl methyl sites for hydroxylation is 1. The number of aromatic hydroxyl groups is 1. The van der Waals surface area contributed by atoms with Gasteiger partial charge in [-0.15, -0.1) is 0 Å². The summed E-state index contributed by atoms with van der Waals surface area (Å²) in [5, 5.41) is 19.0. The van der Waals surface area contributed by atoms with Crippen LogP contribution in [-0.4, -0.2) is 21.2 Å². The highest BCUT2D eigenvalue weighted by Crippen LogP contribution is 2.20. The quantitative estimate of drug-likeness (QED) is 0.735. The number of nitrogens with one attached hydrogen (secondary N) is 2. The van der Waals surface area contributed by atoms with Gasteiger partial charge in [-0.2, -0.15) is 5.10 Å². The second-order valence-corrected chi connectivity index (χ2v) is 5.03. The summed E-state index contributed by atoms with van der Waals surface area (Å²) < 4.78 is 0.717. The van der Waals surface area contributed by atoms with Crippen molar-refractivity contribution < 1.29 is 9.90 Å². The Labute approximate surface area is 118 Å². The minimum Gasteiger partial charge on any atom is -0.507 e. The molecule has 5 nitrogen and oxygen atoms in total. The standard InChI is InChI=1S/C12H12IN3O2/c1-7-9(6-15-16-7)5-14-12(18)8-2-3-10(13)11(17)4-8/h2-4,6,17H,5H2,1H3,(H,14,18)(H,15,16). The van der Waals surface area contributed by atoms with Gasteiger partial charge >= 0.3 is 0 Å². The van der Waals surface area contributed by atoms with Crippen LogP contribution in [0.4, 0.5) is 0 Å². The smallest absolute Gasteiger partial charge is 0.251 e. The lowest BCUT2D eigenvalue weighted by Gasteiger charge is -2.05. The third kappa shape index (κ3) is 2.81. The van der Waals surface area contributed by atoms with Gasteiger partial charge in [0.2, 0.25) is 0 Å². The maximum absolute atomic E-state index is 11.9. The summed E-state index contributed by atoms with van der Waals surface area (Å²) in [6.07, 6.45) is 1.68. The number of aromatic amines is 1. The van der Waals surface area contributed by atoms with Crippen LogP contribution in [0.15, 0.2) is 24.4 Å². The number of H-pyrrole nitrogens is 1. The third-order valence-electron chi connectivity index (χ3n) is 2.58. The number of phenolic OH excluding ortho intramolecular Hbond substituents is 1. The van der Waals surface area contributed by atoms with Gasteiger partial charge < -0.3 is 10.4 Å². The fourth-order valence-corrected chi connectivity index (χ4v) is 1.82. The molecule has 0 aliphatic carbocycles. The van der Waals surface area contributed by atoms with Gasteiger partial charge in [-0.1, -0.05) is 0 Å². The van der Waals surface area contributed by atoms with Gasteiger partial charge in [0.15, 0.2) is 0 Å². The van der Waals surface area contributed by atoms with Crippen LogP contribution in [-0.2, 0) is 6.54 Å². The summed E-state index contributed by atoms with van der Waals surface area (Å²) in [5.41, 5.74) is 2.31. The Morgan fingerprint density at radius 1 is 1.56 bits per heavy atom. The predicted molar refractivity (Wildman–Crippen MR) is 75.3 cm³/mol. The Bertz CT molecular complexity index is 580. The monoisotopic (exact) mass is 357 g/mol. The number of hydrogen-bond donors (Lipinski definition) is 3. The maximum Gasteiger partial charge on any atom is 0.251 e. The zero-order valence-corrected chi connectivity index (χ0v) is 11.9. The molecule has 0 aliphatic rings. The van der Waals surface area contributed by atoms with Crippen molar-refractivity contribution in [1.29, 1.82) is 0 Å². The highest BCUT2D eigenvalue weighted by atomic mass is 127. The molecule has 2 rings (SSSR count). The first-order valence-electron chi connectivity index (χ1n) is 5.33. The van der Waals surface area contributed by atoms with Crippen molar-refractivity contribution in [1.82, 2.24) is 15.5 Å². The number of hydrogen-bond acceptors (Lipinski definition) is 3. The van der Waals surface area contributed by atoms with Crippen molar-refractivity contribution >= 4 is 28.5 Å². The number of halogens is 1. The van der Waals surface area contributed by atoms with Crippen LogP contribution in [0.2, 0.25) is 0 Å². The Kier molecular flexibility index (Phi) is 3.85. The number of rotatable bonds is 3. The number of carbonyl (C=O) groups is 1. The van der Waals surface area contributed by atoms with Crippen molar-refractivity contribution in [3.8, 4) is 5.75 Å². The predicted octanol–water partition coefficient (Wildman–Crippen LogP) is 1.96. The van der Waals surface area contributed by atoms with E-state index in [0.717, 1.165) is 14.8 Å². The zero-order valence-electron chi connectivity index (χ0n) is 9.70. The molecule has 1 aromatic carbocycles. The Morgan fingerprint density at radius 3 is 2.94 bits per heavy atom. The Balaban J connectivity index is 2.04. The van der Waals surface area contributed by atoms with E-state index in [1.807, 2.05) is 29.5 Å². The van der Waals surface area contributed by atoms with E-state index in [4.69, 9.17) is 0 Å². The number of benzene rings is 1. The van der Waals surface area contributed by atoms with Crippen LogP contribution < -0.4 is 5.32 Å². The first-order valence-corrected chi connectivity index (χ1v) is 6.41. The van der Waals surface area contributed by atoms with Gasteiger partial charge in [0.05, 0.1) is 9.77 Å². The van der Waals surface area contributed by atoms with Crippen LogP contribution in [0.5, 0.6) is 5.75 Å². The van der Waals surface area contributed by atoms with E-state index < -0.39 is 0 Å². The van der Waals surface area contributed by atoms with E-state index >= 15 is 0 Å². The molecule has 1 heterocycles. The molecule has 0 saturated heterocycles. The first kappa shape index (κ1) is 12.9. The van der Waals surface area contributed by atoms with Crippen LogP contribution >= 0.6 is 22.6 Å². The molecule has 0 bridgehead atoms. The van der Waals surface area contributed by atoms with Gasteiger partial charge in [0.25, 0.3) is 5.91 Å². The SMILES string of the molecule is Cc1[nH]ncc1CNC(=O)c1ccc(I)c(O)c1. The van der Waals surface area contributed by atoms with Crippen molar-refractivity contribution in [3.05, 3.63) is 44.8 Å². The second kappa shape index (κ2) is 5.38. The first-order chi connectivity index (χ1) is 8.58.